The lowest BCUT2D eigenvalue weighted by atomic mass is 9.88. The first-order chi connectivity index (χ1) is 12.1. The van der Waals surface area contributed by atoms with Crippen molar-refractivity contribution in [2.24, 2.45) is 11.8 Å². The molecule has 2 aliphatic rings. The summed E-state index contributed by atoms with van der Waals surface area (Å²) in [7, 11) is 1.92. The van der Waals surface area contributed by atoms with Gasteiger partial charge in [0.25, 0.3) is 0 Å². The first-order valence-corrected chi connectivity index (χ1v) is 8.96. The molecule has 0 unspecified atom stereocenters. The highest BCUT2D eigenvalue weighted by molar-refractivity contribution is 5.80. The number of aromatic nitrogens is 2. The number of hydrogen-bond acceptors (Lipinski definition) is 4. The highest BCUT2D eigenvalue weighted by atomic mass is 16.2. The van der Waals surface area contributed by atoms with E-state index < -0.39 is 0 Å². The molecule has 5 heteroatoms. The van der Waals surface area contributed by atoms with Crippen molar-refractivity contribution in [2.75, 3.05) is 26.7 Å². The van der Waals surface area contributed by atoms with Gasteiger partial charge in [-0.25, -0.2) is 9.97 Å². The number of nitrogens with zero attached hydrogens (tertiary/aromatic N) is 4. The van der Waals surface area contributed by atoms with Crippen LogP contribution in [0.25, 0.3) is 11.4 Å². The predicted molar refractivity (Wildman–Crippen MR) is 96.7 cm³/mol. The summed E-state index contributed by atoms with van der Waals surface area (Å²) in [6.45, 7) is 5.64. The number of carbonyl (C=O) groups excluding carboxylic acids is 1. The fourth-order valence-electron chi connectivity index (χ4n) is 4.07. The Morgan fingerprint density at radius 1 is 1.16 bits per heavy atom. The molecule has 1 amide bonds. The van der Waals surface area contributed by atoms with E-state index in [1.807, 2.05) is 36.5 Å². The zero-order valence-electron chi connectivity index (χ0n) is 14.9. The summed E-state index contributed by atoms with van der Waals surface area (Å²) in [6, 6.07) is 8.17. The van der Waals surface area contributed by atoms with Gasteiger partial charge in [0.15, 0.2) is 5.82 Å². The lowest BCUT2D eigenvalue weighted by Crippen LogP contribution is -2.42. The molecule has 1 aromatic carbocycles. The number of rotatable bonds is 3. The molecule has 2 fully saturated rings. The van der Waals surface area contributed by atoms with E-state index >= 15 is 0 Å². The Morgan fingerprint density at radius 2 is 1.92 bits per heavy atom. The van der Waals surface area contributed by atoms with Crippen molar-refractivity contribution in [2.45, 2.75) is 19.9 Å². The van der Waals surface area contributed by atoms with E-state index in [9.17, 15) is 4.79 Å². The van der Waals surface area contributed by atoms with Crippen molar-refractivity contribution in [1.82, 2.24) is 19.8 Å². The second-order valence-electron chi connectivity index (χ2n) is 7.34. The van der Waals surface area contributed by atoms with Crippen LogP contribution in [0.5, 0.6) is 0 Å². The molecule has 0 aliphatic carbocycles. The molecule has 5 nitrogen and oxygen atoms in total. The molecule has 0 N–H and O–H groups in total. The summed E-state index contributed by atoms with van der Waals surface area (Å²) in [5.41, 5.74) is 3.37. The number of piperidine rings is 1. The van der Waals surface area contributed by atoms with E-state index in [0.29, 0.717) is 11.8 Å². The molecule has 2 aliphatic heterocycles. The summed E-state index contributed by atoms with van der Waals surface area (Å²) < 4.78 is 0. The minimum atomic E-state index is 0.172. The number of benzene rings is 1. The SMILES string of the molecule is Cc1ccccc1-c1ncc(CN2C[C@H]3CCN(C)C(=O)[C@H]3C2)cn1. The van der Waals surface area contributed by atoms with Crippen LogP contribution in [0.2, 0.25) is 0 Å². The van der Waals surface area contributed by atoms with E-state index in [0.717, 1.165) is 49.6 Å². The third-order valence-corrected chi connectivity index (χ3v) is 5.54. The van der Waals surface area contributed by atoms with E-state index in [1.165, 1.54) is 5.56 Å². The number of fused-ring (bicyclic) bond motifs is 1. The zero-order valence-corrected chi connectivity index (χ0v) is 14.9. The standard InChI is InChI=1S/C20H24N4O/c1-14-5-3-4-6-17(14)19-21-9-15(10-22-19)11-24-12-16-7-8-23(2)20(25)18(16)13-24/h3-6,9-10,16,18H,7-8,11-13H2,1-2H3/t16-,18+/m1/s1. The van der Waals surface area contributed by atoms with Gasteiger partial charge in [0.05, 0.1) is 5.92 Å². The second kappa shape index (κ2) is 6.56. The minimum absolute atomic E-state index is 0.172. The van der Waals surface area contributed by atoms with Crippen LogP contribution in [0.1, 0.15) is 17.5 Å². The van der Waals surface area contributed by atoms with Gasteiger partial charge in [-0.3, -0.25) is 9.69 Å². The molecule has 130 valence electrons. The lowest BCUT2D eigenvalue weighted by molar-refractivity contribution is -0.137. The lowest BCUT2D eigenvalue weighted by Gasteiger charge is -2.30. The van der Waals surface area contributed by atoms with Crippen LogP contribution in [0.3, 0.4) is 0 Å². The first-order valence-electron chi connectivity index (χ1n) is 8.96. The van der Waals surface area contributed by atoms with E-state index in [2.05, 4.69) is 33.9 Å². The number of aryl methyl sites for hydroxylation is 1. The normalized spacial score (nSPS) is 23.8. The van der Waals surface area contributed by atoms with Crippen LogP contribution in [0, 0.1) is 18.8 Å². The van der Waals surface area contributed by atoms with Gasteiger partial charge in [-0.15, -0.1) is 0 Å². The van der Waals surface area contributed by atoms with Crippen LogP contribution in [-0.4, -0.2) is 52.4 Å². The van der Waals surface area contributed by atoms with Gasteiger partial charge in [-0.1, -0.05) is 24.3 Å². The van der Waals surface area contributed by atoms with Crippen molar-refractivity contribution in [1.29, 1.82) is 0 Å². The quantitative estimate of drug-likeness (QED) is 0.863. The van der Waals surface area contributed by atoms with E-state index in [-0.39, 0.29) is 5.92 Å². The van der Waals surface area contributed by atoms with E-state index in [1.54, 1.807) is 0 Å². The van der Waals surface area contributed by atoms with Crippen LogP contribution in [0.4, 0.5) is 0 Å². The van der Waals surface area contributed by atoms with Gasteiger partial charge < -0.3 is 4.90 Å². The highest BCUT2D eigenvalue weighted by Crippen LogP contribution is 2.32. The smallest absolute Gasteiger partial charge is 0.227 e. The van der Waals surface area contributed by atoms with Gasteiger partial charge in [0.1, 0.15) is 0 Å². The van der Waals surface area contributed by atoms with Gasteiger partial charge in [-0.2, -0.15) is 0 Å². The van der Waals surface area contributed by atoms with Crippen LogP contribution < -0.4 is 0 Å². The molecule has 0 bridgehead atoms. The number of likely N-dealkylation sites (tertiary alicyclic amines) is 2. The fraction of sp³-hybridized carbons (Fsp3) is 0.450. The molecule has 3 heterocycles. The van der Waals surface area contributed by atoms with Crippen molar-refractivity contribution >= 4 is 5.91 Å². The average Bonchev–Trinajstić information content (AvgIpc) is 3.03. The molecule has 25 heavy (non-hydrogen) atoms. The summed E-state index contributed by atoms with van der Waals surface area (Å²) >= 11 is 0. The van der Waals surface area contributed by atoms with Gasteiger partial charge in [0.2, 0.25) is 5.91 Å². The maximum atomic E-state index is 12.3. The predicted octanol–water partition coefficient (Wildman–Crippen LogP) is 2.36. The number of carbonyl (C=O) groups is 1. The maximum absolute atomic E-state index is 12.3. The van der Waals surface area contributed by atoms with Crippen molar-refractivity contribution in [3.63, 3.8) is 0 Å². The summed E-state index contributed by atoms with van der Waals surface area (Å²) in [5.74, 6) is 1.76. The summed E-state index contributed by atoms with van der Waals surface area (Å²) in [5, 5.41) is 0. The number of hydrogen-bond donors (Lipinski definition) is 0. The fourth-order valence-corrected chi connectivity index (χ4v) is 4.07. The first kappa shape index (κ1) is 16.2. The second-order valence-corrected chi connectivity index (χ2v) is 7.34. The van der Waals surface area contributed by atoms with Crippen molar-refractivity contribution < 1.29 is 4.79 Å². The molecular formula is C20H24N4O. The van der Waals surface area contributed by atoms with Gasteiger partial charge in [-0.05, 0) is 24.8 Å². The molecule has 0 saturated carbocycles. The largest absolute Gasteiger partial charge is 0.345 e. The van der Waals surface area contributed by atoms with Crippen molar-refractivity contribution in [3.8, 4) is 11.4 Å². The molecule has 0 spiro atoms. The van der Waals surface area contributed by atoms with Gasteiger partial charge in [0, 0.05) is 56.7 Å². The Labute approximate surface area is 148 Å². The van der Waals surface area contributed by atoms with Gasteiger partial charge >= 0.3 is 0 Å². The topological polar surface area (TPSA) is 49.3 Å². The number of amides is 1. The Balaban J connectivity index is 1.44. The third kappa shape index (κ3) is 3.16. The van der Waals surface area contributed by atoms with E-state index in [4.69, 9.17) is 0 Å². The maximum Gasteiger partial charge on any atom is 0.227 e. The van der Waals surface area contributed by atoms with Crippen LogP contribution >= 0.6 is 0 Å². The Kier molecular flexibility index (Phi) is 4.25. The molecule has 0 radical (unpaired) electrons. The molecule has 4 rings (SSSR count). The zero-order chi connectivity index (χ0) is 17.4. The summed E-state index contributed by atoms with van der Waals surface area (Å²) in [6.07, 6.45) is 4.96. The molecule has 2 atom stereocenters. The summed E-state index contributed by atoms with van der Waals surface area (Å²) in [4.78, 5) is 25.7. The molecule has 1 aromatic heterocycles. The molecule has 2 aromatic rings. The monoisotopic (exact) mass is 336 g/mol. The Hall–Kier alpha value is -2.27. The Morgan fingerprint density at radius 3 is 2.68 bits per heavy atom. The van der Waals surface area contributed by atoms with Crippen LogP contribution in [0.15, 0.2) is 36.7 Å². The van der Waals surface area contributed by atoms with Crippen LogP contribution in [-0.2, 0) is 11.3 Å². The molecule has 2 saturated heterocycles. The minimum Gasteiger partial charge on any atom is -0.345 e. The highest BCUT2D eigenvalue weighted by Gasteiger charge is 2.41. The Bertz CT molecular complexity index is 774. The average molecular weight is 336 g/mol. The third-order valence-electron chi connectivity index (χ3n) is 5.54. The molecular weight excluding hydrogens is 312 g/mol. The van der Waals surface area contributed by atoms with Crippen molar-refractivity contribution in [3.05, 3.63) is 47.8 Å².